The Hall–Kier alpha value is -1.13. The van der Waals surface area contributed by atoms with Gasteiger partial charge in [-0.1, -0.05) is 12.1 Å². The maximum absolute atomic E-state index is 14.0. The predicted octanol–water partition coefficient (Wildman–Crippen LogP) is 2.81. The third-order valence-electron chi connectivity index (χ3n) is 4.46. The third-order valence-corrected chi connectivity index (χ3v) is 4.46. The molecule has 3 nitrogen and oxygen atoms in total. The summed E-state index contributed by atoms with van der Waals surface area (Å²) in [5, 5.41) is 0. The first-order valence-electron chi connectivity index (χ1n) is 7.50. The van der Waals surface area contributed by atoms with E-state index in [2.05, 4.69) is 0 Å². The number of hydrogen-bond donors (Lipinski definition) is 1. The van der Waals surface area contributed by atoms with Gasteiger partial charge in [-0.3, -0.25) is 0 Å². The van der Waals surface area contributed by atoms with Gasteiger partial charge in [0, 0.05) is 12.8 Å². The fourth-order valence-electron chi connectivity index (χ4n) is 3.21. The third kappa shape index (κ3) is 2.67. The molecule has 1 heterocycles. The van der Waals surface area contributed by atoms with Crippen LogP contribution in [0, 0.1) is 5.82 Å². The Morgan fingerprint density at radius 1 is 1.40 bits per heavy atom. The van der Waals surface area contributed by atoms with E-state index < -0.39 is 0 Å². The smallest absolute Gasteiger partial charge is 0.165 e. The molecule has 0 amide bonds. The summed E-state index contributed by atoms with van der Waals surface area (Å²) in [6, 6.07) is 5.06. The second-order valence-electron chi connectivity index (χ2n) is 5.88. The van der Waals surface area contributed by atoms with Crippen molar-refractivity contribution in [1.82, 2.24) is 0 Å². The summed E-state index contributed by atoms with van der Waals surface area (Å²) in [7, 11) is 0. The lowest BCUT2D eigenvalue weighted by atomic mass is 9.74. The zero-order valence-corrected chi connectivity index (χ0v) is 11.7. The molecule has 110 valence electrons. The molecule has 1 spiro atoms. The van der Waals surface area contributed by atoms with Crippen molar-refractivity contribution in [2.45, 2.75) is 50.2 Å². The highest BCUT2D eigenvalue weighted by Gasteiger charge is 2.43. The Morgan fingerprint density at radius 3 is 2.95 bits per heavy atom. The normalized spacial score (nSPS) is 24.4. The Balaban J connectivity index is 1.73. The van der Waals surface area contributed by atoms with E-state index in [-0.39, 0.29) is 17.5 Å². The fraction of sp³-hybridized carbons (Fsp3) is 0.625. The molecule has 2 aliphatic rings. The van der Waals surface area contributed by atoms with Gasteiger partial charge in [-0.05, 0) is 43.9 Å². The molecule has 3 rings (SSSR count). The molecule has 1 atom stereocenters. The summed E-state index contributed by atoms with van der Waals surface area (Å²) >= 11 is 0. The molecule has 0 bridgehead atoms. The van der Waals surface area contributed by atoms with Crippen LogP contribution in [0.5, 0.6) is 5.75 Å². The highest BCUT2D eigenvalue weighted by molar-refractivity contribution is 5.35. The van der Waals surface area contributed by atoms with Crippen LogP contribution in [0.3, 0.4) is 0 Å². The highest BCUT2D eigenvalue weighted by Crippen LogP contribution is 2.43. The number of nitrogens with two attached hydrogens (primary N) is 1. The maximum Gasteiger partial charge on any atom is 0.165 e. The van der Waals surface area contributed by atoms with Crippen LogP contribution in [-0.2, 0) is 11.2 Å². The van der Waals surface area contributed by atoms with E-state index in [1.165, 1.54) is 12.5 Å². The van der Waals surface area contributed by atoms with Crippen molar-refractivity contribution in [3.05, 3.63) is 29.6 Å². The summed E-state index contributed by atoms with van der Waals surface area (Å²) < 4.78 is 25.9. The van der Waals surface area contributed by atoms with Crippen LogP contribution in [0.25, 0.3) is 0 Å². The molecule has 1 aliphatic heterocycles. The summed E-state index contributed by atoms with van der Waals surface area (Å²) in [4.78, 5) is 0. The van der Waals surface area contributed by atoms with Crippen molar-refractivity contribution in [3.63, 3.8) is 0 Å². The van der Waals surface area contributed by atoms with Gasteiger partial charge in [0.05, 0.1) is 12.2 Å². The van der Waals surface area contributed by atoms with E-state index >= 15 is 0 Å². The van der Waals surface area contributed by atoms with Crippen molar-refractivity contribution in [3.8, 4) is 5.75 Å². The van der Waals surface area contributed by atoms with Crippen molar-refractivity contribution in [2.75, 3.05) is 13.2 Å². The Labute approximate surface area is 119 Å². The maximum atomic E-state index is 14.0. The van der Waals surface area contributed by atoms with Gasteiger partial charge >= 0.3 is 0 Å². The molecule has 1 saturated carbocycles. The number of halogens is 1. The molecule has 2 fully saturated rings. The highest BCUT2D eigenvalue weighted by atomic mass is 19.1. The van der Waals surface area contributed by atoms with Gasteiger partial charge in [0.15, 0.2) is 11.6 Å². The molecule has 1 aromatic rings. The molecular formula is C16H22FNO2. The van der Waals surface area contributed by atoms with E-state index in [0.717, 1.165) is 31.2 Å². The molecule has 1 aliphatic carbocycles. The van der Waals surface area contributed by atoms with Gasteiger partial charge in [-0.15, -0.1) is 0 Å². The monoisotopic (exact) mass is 279 g/mol. The van der Waals surface area contributed by atoms with Gasteiger partial charge in [0.25, 0.3) is 0 Å². The van der Waals surface area contributed by atoms with Crippen molar-refractivity contribution < 1.29 is 13.9 Å². The zero-order valence-electron chi connectivity index (χ0n) is 11.7. The lowest BCUT2D eigenvalue weighted by Gasteiger charge is -2.47. The SMILES string of the molecule is NCCc1cccc(F)c1OC1CCOC2(CCC2)C1. The van der Waals surface area contributed by atoms with E-state index in [4.69, 9.17) is 15.2 Å². The quantitative estimate of drug-likeness (QED) is 0.921. The molecule has 4 heteroatoms. The van der Waals surface area contributed by atoms with E-state index in [0.29, 0.717) is 25.3 Å². The number of rotatable bonds is 4. The summed E-state index contributed by atoms with van der Waals surface area (Å²) in [5.41, 5.74) is 6.47. The lowest BCUT2D eigenvalue weighted by molar-refractivity contribution is -0.154. The van der Waals surface area contributed by atoms with Crippen LogP contribution >= 0.6 is 0 Å². The number of ether oxygens (including phenoxy) is 2. The molecule has 1 unspecified atom stereocenters. The number of benzene rings is 1. The first-order valence-corrected chi connectivity index (χ1v) is 7.50. The van der Waals surface area contributed by atoms with Crippen molar-refractivity contribution >= 4 is 0 Å². The minimum atomic E-state index is -0.287. The van der Waals surface area contributed by atoms with Crippen molar-refractivity contribution in [1.29, 1.82) is 0 Å². The predicted molar refractivity (Wildman–Crippen MR) is 75.3 cm³/mol. The van der Waals surface area contributed by atoms with Gasteiger partial charge in [0.1, 0.15) is 6.10 Å². The summed E-state index contributed by atoms with van der Waals surface area (Å²) in [6.45, 7) is 1.21. The van der Waals surface area contributed by atoms with E-state index in [9.17, 15) is 4.39 Å². The van der Waals surface area contributed by atoms with Crippen LogP contribution in [0.1, 0.15) is 37.7 Å². The largest absolute Gasteiger partial charge is 0.487 e. The summed E-state index contributed by atoms with van der Waals surface area (Å²) in [5.74, 6) is 0.101. The second-order valence-corrected chi connectivity index (χ2v) is 5.88. The van der Waals surface area contributed by atoms with Gasteiger partial charge in [-0.2, -0.15) is 0 Å². The topological polar surface area (TPSA) is 44.5 Å². The molecule has 2 N–H and O–H groups in total. The van der Waals surface area contributed by atoms with Gasteiger partial charge in [-0.25, -0.2) is 4.39 Å². The standard InChI is InChI=1S/C16H22FNO2/c17-14-4-1-3-12(5-9-18)15(14)20-13-6-10-19-16(11-13)7-2-8-16/h1,3-4,13H,2,5-11,18H2. The minimum absolute atomic E-state index is 0.0161. The molecule has 1 aromatic carbocycles. The van der Waals surface area contributed by atoms with E-state index in [1.807, 2.05) is 6.07 Å². The van der Waals surface area contributed by atoms with Crippen LogP contribution in [0.4, 0.5) is 4.39 Å². The number of para-hydroxylation sites is 1. The van der Waals surface area contributed by atoms with Crippen molar-refractivity contribution in [2.24, 2.45) is 5.73 Å². The first kappa shape index (κ1) is 13.8. The number of hydrogen-bond acceptors (Lipinski definition) is 3. The Morgan fingerprint density at radius 2 is 2.25 bits per heavy atom. The van der Waals surface area contributed by atoms with Crippen LogP contribution < -0.4 is 10.5 Å². The molecular weight excluding hydrogens is 257 g/mol. The molecule has 1 saturated heterocycles. The average Bonchev–Trinajstić information content (AvgIpc) is 2.42. The van der Waals surface area contributed by atoms with Gasteiger partial charge < -0.3 is 15.2 Å². The average molecular weight is 279 g/mol. The fourth-order valence-corrected chi connectivity index (χ4v) is 3.21. The van der Waals surface area contributed by atoms with E-state index in [1.54, 1.807) is 6.07 Å². The molecule has 20 heavy (non-hydrogen) atoms. The lowest BCUT2D eigenvalue weighted by Crippen LogP contribution is -2.48. The zero-order chi connectivity index (χ0) is 14.0. The first-order chi connectivity index (χ1) is 9.72. The van der Waals surface area contributed by atoms with Crippen LogP contribution in [0.2, 0.25) is 0 Å². The second kappa shape index (κ2) is 5.70. The molecule has 0 radical (unpaired) electrons. The Bertz CT molecular complexity index is 474. The van der Waals surface area contributed by atoms with Crippen LogP contribution in [-0.4, -0.2) is 24.9 Å². The van der Waals surface area contributed by atoms with Gasteiger partial charge in [0.2, 0.25) is 0 Å². The molecule has 0 aromatic heterocycles. The summed E-state index contributed by atoms with van der Waals surface area (Å²) in [6.07, 6.45) is 5.85. The van der Waals surface area contributed by atoms with Crippen LogP contribution in [0.15, 0.2) is 18.2 Å². The minimum Gasteiger partial charge on any atom is -0.487 e. The Kier molecular flexibility index (Phi) is 3.94.